The number of amides is 2. The number of nitrogens with one attached hydrogen (secondary N) is 1. The number of hydrogen-bond donors (Lipinski definition) is 2. The van der Waals surface area contributed by atoms with Crippen molar-refractivity contribution in [2.75, 3.05) is 18.9 Å². The number of benzene rings is 1. The first-order valence-corrected chi connectivity index (χ1v) is 8.13. The van der Waals surface area contributed by atoms with Crippen LogP contribution in [0.3, 0.4) is 0 Å². The van der Waals surface area contributed by atoms with E-state index < -0.39 is 11.9 Å². The molecule has 1 aromatic heterocycles. The second-order valence-electron chi connectivity index (χ2n) is 6.36. The second-order valence-corrected chi connectivity index (χ2v) is 6.36. The molecule has 1 saturated carbocycles. The Morgan fingerprint density at radius 3 is 2.88 bits per heavy atom. The van der Waals surface area contributed by atoms with Gasteiger partial charge in [-0.05, 0) is 25.0 Å². The van der Waals surface area contributed by atoms with Crippen LogP contribution >= 0.6 is 0 Å². The van der Waals surface area contributed by atoms with Crippen LogP contribution < -0.4 is 5.32 Å². The van der Waals surface area contributed by atoms with Crippen LogP contribution in [0.25, 0.3) is 11.4 Å². The fraction of sp³-hybridized carbons (Fsp3) is 0.412. The van der Waals surface area contributed by atoms with Gasteiger partial charge in [0.05, 0.1) is 5.92 Å². The molecule has 0 saturated heterocycles. The summed E-state index contributed by atoms with van der Waals surface area (Å²) in [5.41, 5.74) is 1.32. The van der Waals surface area contributed by atoms with E-state index in [0.29, 0.717) is 23.3 Å². The molecule has 0 spiro atoms. The SMILES string of the molecule is CC(CN(C)C(=O)Nc1cccc(-c2noc(C3CC3)n2)c1)C(=O)O. The smallest absolute Gasteiger partial charge is 0.321 e. The molecule has 0 bridgehead atoms. The van der Waals surface area contributed by atoms with Crippen LogP contribution in [-0.4, -0.2) is 45.7 Å². The summed E-state index contributed by atoms with van der Waals surface area (Å²) in [6.07, 6.45) is 2.16. The number of nitrogens with zero attached hydrogens (tertiary/aromatic N) is 3. The molecule has 1 aliphatic carbocycles. The standard InChI is InChI=1S/C17H20N4O4/c1-10(16(22)23)9-21(2)17(24)18-13-5-3-4-12(8-13)14-19-15(25-20-14)11-6-7-11/h3-5,8,10-11H,6-7,9H2,1-2H3,(H,18,24)(H,22,23). The molecule has 1 aromatic carbocycles. The highest BCUT2D eigenvalue weighted by Crippen LogP contribution is 2.39. The zero-order chi connectivity index (χ0) is 18.0. The molecule has 8 nitrogen and oxygen atoms in total. The minimum absolute atomic E-state index is 0.121. The minimum atomic E-state index is -0.940. The molecular formula is C17H20N4O4. The fourth-order valence-electron chi connectivity index (χ4n) is 2.38. The third kappa shape index (κ3) is 4.14. The number of carbonyl (C=O) groups excluding carboxylic acids is 1. The normalized spacial score (nSPS) is 14.8. The highest BCUT2D eigenvalue weighted by Gasteiger charge is 2.29. The molecule has 1 heterocycles. The van der Waals surface area contributed by atoms with Crippen LogP contribution in [0.4, 0.5) is 10.5 Å². The quantitative estimate of drug-likeness (QED) is 0.834. The van der Waals surface area contributed by atoms with Crippen LogP contribution in [-0.2, 0) is 4.79 Å². The maximum absolute atomic E-state index is 12.2. The average Bonchev–Trinajstić information content (AvgIpc) is 3.31. The third-order valence-corrected chi connectivity index (χ3v) is 4.06. The Morgan fingerprint density at radius 2 is 2.20 bits per heavy atom. The lowest BCUT2D eigenvalue weighted by atomic mass is 10.2. The maximum Gasteiger partial charge on any atom is 0.321 e. The highest BCUT2D eigenvalue weighted by molar-refractivity contribution is 5.90. The summed E-state index contributed by atoms with van der Waals surface area (Å²) >= 11 is 0. The topological polar surface area (TPSA) is 109 Å². The predicted octanol–water partition coefficient (Wildman–Crippen LogP) is 2.80. The number of urea groups is 1. The van der Waals surface area contributed by atoms with E-state index in [1.165, 1.54) is 4.90 Å². The van der Waals surface area contributed by atoms with Crippen molar-refractivity contribution < 1.29 is 19.2 Å². The molecule has 2 aromatic rings. The second kappa shape index (κ2) is 6.92. The molecule has 2 amide bonds. The third-order valence-electron chi connectivity index (χ3n) is 4.06. The molecule has 1 aliphatic rings. The van der Waals surface area contributed by atoms with Gasteiger partial charge in [0.1, 0.15) is 0 Å². The first-order chi connectivity index (χ1) is 11.9. The van der Waals surface area contributed by atoms with Crippen molar-refractivity contribution in [1.82, 2.24) is 15.0 Å². The van der Waals surface area contributed by atoms with Crippen molar-refractivity contribution in [2.45, 2.75) is 25.7 Å². The summed E-state index contributed by atoms with van der Waals surface area (Å²) in [5, 5.41) is 15.7. The molecule has 0 aliphatic heterocycles. The predicted molar refractivity (Wildman–Crippen MR) is 90.2 cm³/mol. The summed E-state index contributed by atoms with van der Waals surface area (Å²) < 4.78 is 5.26. The van der Waals surface area contributed by atoms with Crippen molar-refractivity contribution in [3.63, 3.8) is 0 Å². The molecule has 25 heavy (non-hydrogen) atoms. The lowest BCUT2D eigenvalue weighted by Crippen LogP contribution is -2.36. The van der Waals surface area contributed by atoms with Gasteiger partial charge in [0.25, 0.3) is 0 Å². The lowest BCUT2D eigenvalue weighted by molar-refractivity contribution is -0.141. The minimum Gasteiger partial charge on any atom is -0.481 e. The van der Waals surface area contributed by atoms with Gasteiger partial charge in [-0.2, -0.15) is 4.98 Å². The van der Waals surface area contributed by atoms with Crippen molar-refractivity contribution in [3.05, 3.63) is 30.2 Å². The molecule has 2 N–H and O–H groups in total. The first kappa shape index (κ1) is 16.9. The number of carboxylic acids is 1. The number of aliphatic carboxylic acids is 1. The summed E-state index contributed by atoms with van der Waals surface area (Å²) in [7, 11) is 1.56. The van der Waals surface area contributed by atoms with E-state index in [9.17, 15) is 9.59 Å². The largest absolute Gasteiger partial charge is 0.481 e. The number of carboxylic acid groups (broad SMARTS) is 1. The number of aromatic nitrogens is 2. The van der Waals surface area contributed by atoms with Crippen molar-refractivity contribution >= 4 is 17.7 Å². The highest BCUT2D eigenvalue weighted by atomic mass is 16.5. The monoisotopic (exact) mass is 344 g/mol. The van der Waals surface area contributed by atoms with Gasteiger partial charge in [0.15, 0.2) is 0 Å². The molecule has 3 rings (SSSR count). The van der Waals surface area contributed by atoms with Gasteiger partial charge < -0.3 is 19.8 Å². The molecule has 1 atom stereocenters. The van der Waals surface area contributed by atoms with E-state index in [1.807, 2.05) is 6.07 Å². The van der Waals surface area contributed by atoms with Crippen LogP contribution in [0.15, 0.2) is 28.8 Å². The van der Waals surface area contributed by atoms with Gasteiger partial charge in [-0.3, -0.25) is 4.79 Å². The van der Waals surface area contributed by atoms with Gasteiger partial charge in [0.2, 0.25) is 11.7 Å². The maximum atomic E-state index is 12.2. The number of rotatable bonds is 6. The van der Waals surface area contributed by atoms with Crippen LogP contribution in [0.1, 0.15) is 31.6 Å². The van der Waals surface area contributed by atoms with Gasteiger partial charge >= 0.3 is 12.0 Å². The number of hydrogen-bond acceptors (Lipinski definition) is 5. The van der Waals surface area contributed by atoms with E-state index in [2.05, 4.69) is 15.5 Å². The van der Waals surface area contributed by atoms with E-state index >= 15 is 0 Å². The summed E-state index contributed by atoms with van der Waals surface area (Å²) in [5.74, 6) is -0.0424. The van der Waals surface area contributed by atoms with Crippen LogP contribution in [0, 0.1) is 5.92 Å². The molecule has 132 valence electrons. The molecule has 1 fully saturated rings. The summed E-state index contributed by atoms with van der Waals surface area (Å²) in [6, 6.07) is 6.76. The van der Waals surface area contributed by atoms with Crippen LogP contribution in [0.5, 0.6) is 0 Å². The van der Waals surface area contributed by atoms with E-state index in [1.54, 1.807) is 32.2 Å². The van der Waals surface area contributed by atoms with E-state index in [4.69, 9.17) is 9.63 Å². The van der Waals surface area contributed by atoms with Gasteiger partial charge in [0, 0.05) is 30.8 Å². The Bertz CT molecular complexity index is 784. The van der Waals surface area contributed by atoms with E-state index in [-0.39, 0.29) is 12.6 Å². The average molecular weight is 344 g/mol. The van der Waals surface area contributed by atoms with Crippen molar-refractivity contribution in [1.29, 1.82) is 0 Å². The van der Waals surface area contributed by atoms with E-state index in [0.717, 1.165) is 18.4 Å². The Balaban J connectivity index is 1.66. The molecular weight excluding hydrogens is 324 g/mol. The van der Waals surface area contributed by atoms with Crippen molar-refractivity contribution in [3.8, 4) is 11.4 Å². The zero-order valence-electron chi connectivity index (χ0n) is 14.1. The van der Waals surface area contributed by atoms with Crippen molar-refractivity contribution in [2.24, 2.45) is 5.92 Å². The molecule has 0 radical (unpaired) electrons. The number of carbonyl (C=O) groups is 2. The molecule has 1 unspecified atom stereocenters. The summed E-state index contributed by atoms with van der Waals surface area (Å²) in [6.45, 7) is 1.68. The zero-order valence-corrected chi connectivity index (χ0v) is 14.1. The first-order valence-electron chi connectivity index (χ1n) is 8.13. The van der Waals surface area contributed by atoms with Gasteiger partial charge in [-0.1, -0.05) is 24.2 Å². The number of anilines is 1. The molecule has 8 heteroatoms. The van der Waals surface area contributed by atoms with Crippen LogP contribution in [0.2, 0.25) is 0 Å². The van der Waals surface area contributed by atoms with Gasteiger partial charge in [-0.15, -0.1) is 0 Å². The van der Waals surface area contributed by atoms with Gasteiger partial charge in [-0.25, -0.2) is 4.79 Å². The fourth-order valence-corrected chi connectivity index (χ4v) is 2.38. The Kier molecular flexibility index (Phi) is 4.69. The Morgan fingerprint density at radius 1 is 1.44 bits per heavy atom. The Labute approximate surface area is 144 Å². The summed E-state index contributed by atoms with van der Waals surface area (Å²) in [4.78, 5) is 28.8. The lowest BCUT2D eigenvalue weighted by Gasteiger charge is -2.20. The Hall–Kier alpha value is -2.90.